The van der Waals surface area contributed by atoms with E-state index in [9.17, 15) is 9.18 Å². The van der Waals surface area contributed by atoms with Gasteiger partial charge in [-0.3, -0.25) is 4.79 Å². The number of carbonyl (C=O) groups excluding carboxylic acids is 1. The summed E-state index contributed by atoms with van der Waals surface area (Å²) in [6.45, 7) is -0.103. The number of aliphatic hydroxyl groups excluding tert-OH is 1. The van der Waals surface area contributed by atoms with Gasteiger partial charge in [0.25, 0.3) is 0 Å². The van der Waals surface area contributed by atoms with Crippen LogP contribution in [0.4, 0.5) is 4.39 Å². The maximum absolute atomic E-state index is 13.3. The van der Waals surface area contributed by atoms with Crippen molar-refractivity contribution in [2.75, 3.05) is 5.88 Å². The van der Waals surface area contributed by atoms with Gasteiger partial charge in [0.05, 0.1) is 6.61 Å². The molecule has 0 atom stereocenters. The van der Waals surface area contributed by atoms with Crippen LogP contribution in [0.5, 0.6) is 0 Å². The largest absolute Gasteiger partial charge is 0.392 e. The smallest absolute Gasteiger partial charge is 0.235 e. The summed E-state index contributed by atoms with van der Waals surface area (Å²) in [4.78, 5) is 10.8. The van der Waals surface area contributed by atoms with Crippen molar-refractivity contribution in [3.05, 3.63) is 35.1 Å². The second-order valence-electron chi connectivity index (χ2n) is 2.99. The van der Waals surface area contributed by atoms with E-state index in [0.29, 0.717) is 11.1 Å². The van der Waals surface area contributed by atoms with E-state index in [1.807, 2.05) is 0 Å². The lowest BCUT2D eigenvalue weighted by Gasteiger charge is -2.05. The maximum Gasteiger partial charge on any atom is 0.235 e. The number of amides is 1. The lowest BCUT2D eigenvalue weighted by molar-refractivity contribution is -0.118. The molecule has 1 amide bonds. The van der Waals surface area contributed by atoms with E-state index in [2.05, 4.69) is 5.32 Å². The second-order valence-corrected chi connectivity index (χ2v) is 3.26. The molecule has 2 N–H and O–H groups in total. The lowest BCUT2D eigenvalue weighted by Crippen LogP contribution is -2.24. The molecule has 3 nitrogen and oxygen atoms in total. The number of carbonyl (C=O) groups is 1. The molecule has 82 valence electrons. The molecule has 1 rings (SSSR count). The van der Waals surface area contributed by atoms with Gasteiger partial charge in [-0.25, -0.2) is 4.39 Å². The number of aliphatic hydroxyl groups is 1. The fourth-order valence-electron chi connectivity index (χ4n) is 1.07. The van der Waals surface area contributed by atoms with Gasteiger partial charge in [0.2, 0.25) is 5.91 Å². The molecule has 5 heteroatoms. The summed E-state index contributed by atoms with van der Waals surface area (Å²) in [7, 11) is 0. The lowest BCUT2D eigenvalue weighted by atomic mass is 10.1. The minimum Gasteiger partial charge on any atom is -0.392 e. The van der Waals surface area contributed by atoms with Crippen LogP contribution >= 0.6 is 11.6 Å². The normalized spacial score (nSPS) is 10.1. The number of nitrogens with one attached hydrogen (secondary N) is 1. The van der Waals surface area contributed by atoms with Crippen molar-refractivity contribution in [3.8, 4) is 0 Å². The van der Waals surface area contributed by atoms with Crippen molar-refractivity contribution < 1.29 is 14.3 Å². The zero-order valence-electron chi connectivity index (χ0n) is 7.96. The van der Waals surface area contributed by atoms with Crippen LogP contribution in [0.2, 0.25) is 0 Å². The highest BCUT2D eigenvalue weighted by Crippen LogP contribution is 2.10. The van der Waals surface area contributed by atoms with Gasteiger partial charge in [-0.05, 0) is 11.6 Å². The molecule has 0 saturated heterocycles. The van der Waals surface area contributed by atoms with E-state index in [1.54, 1.807) is 6.07 Å². The molecule has 0 aliphatic carbocycles. The third kappa shape index (κ3) is 3.49. The zero-order valence-corrected chi connectivity index (χ0v) is 8.72. The van der Waals surface area contributed by atoms with Gasteiger partial charge in [0, 0.05) is 12.1 Å². The van der Waals surface area contributed by atoms with E-state index in [0.717, 1.165) is 0 Å². The molecule has 0 aliphatic rings. The van der Waals surface area contributed by atoms with Crippen LogP contribution in [0, 0.1) is 5.82 Å². The van der Waals surface area contributed by atoms with Crippen LogP contribution < -0.4 is 5.32 Å². The fraction of sp³-hybridized carbons (Fsp3) is 0.300. The predicted octanol–water partition coefficient (Wildman–Crippen LogP) is 1.17. The summed E-state index contributed by atoms with van der Waals surface area (Å²) in [6.07, 6.45) is 0. The van der Waals surface area contributed by atoms with Crippen molar-refractivity contribution in [1.29, 1.82) is 0 Å². The zero-order chi connectivity index (χ0) is 11.3. The molecule has 1 aromatic carbocycles. The Morgan fingerprint density at radius 1 is 1.53 bits per heavy atom. The summed E-state index contributed by atoms with van der Waals surface area (Å²) in [6, 6.07) is 4.36. The monoisotopic (exact) mass is 231 g/mol. The second kappa shape index (κ2) is 5.68. The van der Waals surface area contributed by atoms with E-state index >= 15 is 0 Å². The van der Waals surface area contributed by atoms with Gasteiger partial charge in [-0.2, -0.15) is 0 Å². The van der Waals surface area contributed by atoms with Gasteiger partial charge in [0.15, 0.2) is 0 Å². The Morgan fingerprint density at radius 3 is 2.80 bits per heavy atom. The van der Waals surface area contributed by atoms with E-state index in [1.165, 1.54) is 12.1 Å². The van der Waals surface area contributed by atoms with Crippen LogP contribution in [0.1, 0.15) is 11.1 Å². The van der Waals surface area contributed by atoms with Crippen LogP contribution in [0.3, 0.4) is 0 Å². The Hall–Kier alpha value is -1.13. The molecule has 0 saturated carbocycles. The average Bonchev–Trinajstić information content (AvgIpc) is 2.26. The van der Waals surface area contributed by atoms with Gasteiger partial charge in [-0.1, -0.05) is 12.1 Å². The minimum atomic E-state index is -0.448. The number of hydrogen-bond donors (Lipinski definition) is 2. The van der Waals surface area contributed by atoms with Crippen molar-refractivity contribution in [2.24, 2.45) is 0 Å². The average molecular weight is 232 g/mol. The molecule has 15 heavy (non-hydrogen) atoms. The summed E-state index contributed by atoms with van der Waals surface area (Å²) in [5.41, 5.74) is 0.866. The highest BCUT2D eigenvalue weighted by molar-refractivity contribution is 6.27. The van der Waals surface area contributed by atoms with E-state index in [4.69, 9.17) is 16.7 Å². The Kier molecular flexibility index (Phi) is 4.52. The van der Waals surface area contributed by atoms with Crippen LogP contribution in [-0.2, 0) is 17.9 Å². The fourth-order valence-corrected chi connectivity index (χ4v) is 1.17. The van der Waals surface area contributed by atoms with Gasteiger partial charge >= 0.3 is 0 Å². The summed E-state index contributed by atoms with van der Waals surface area (Å²) < 4.78 is 13.3. The van der Waals surface area contributed by atoms with Crippen LogP contribution in [-0.4, -0.2) is 16.9 Å². The molecular formula is C10H11ClFNO2. The summed E-state index contributed by atoms with van der Waals surface area (Å²) in [5.74, 6) is -0.935. The maximum atomic E-state index is 13.3. The number of benzene rings is 1. The van der Waals surface area contributed by atoms with Gasteiger partial charge < -0.3 is 10.4 Å². The third-order valence-electron chi connectivity index (χ3n) is 1.90. The number of alkyl halides is 1. The Labute approximate surface area is 91.9 Å². The number of hydrogen-bond acceptors (Lipinski definition) is 2. The van der Waals surface area contributed by atoms with E-state index in [-0.39, 0.29) is 24.9 Å². The molecule has 0 bridgehead atoms. The third-order valence-corrected chi connectivity index (χ3v) is 2.14. The number of halogens is 2. The van der Waals surface area contributed by atoms with Crippen molar-refractivity contribution in [1.82, 2.24) is 5.32 Å². The predicted molar refractivity (Wildman–Crippen MR) is 54.9 cm³/mol. The molecule has 0 spiro atoms. The first-order valence-electron chi connectivity index (χ1n) is 4.38. The standard InChI is InChI=1S/C10H11ClFNO2/c11-4-10(15)13-5-8-2-1-7(6-14)3-9(8)12/h1-3,14H,4-6H2,(H,13,15). The van der Waals surface area contributed by atoms with Gasteiger partial charge in [-0.15, -0.1) is 11.6 Å². The molecule has 1 aromatic rings. The Balaban J connectivity index is 2.66. The first kappa shape index (κ1) is 11.9. The molecule has 0 heterocycles. The Bertz CT molecular complexity index is 357. The molecule has 0 radical (unpaired) electrons. The first-order valence-corrected chi connectivity index (χ1v) is 4.91. The SMILES string of the molecule is O=C(CCl)NCc1ccc(CO)cc1F. The summed E-state index contributed by atoms with van der Waals surface area (Å²) in [5, 5.41) is 11.2. The quantitative estimate of drug-likeness (QED) is 0.765. The van der Waals surface area contributed by atoms with Gasteiger partial charge in [0.1, 0.15) is 11.7 Å². The molecule has 0 aliphatic heterocycles. The topological polar surface area (TPSA) is 49.3 Å². The van der Waals surface area contributed by atoms with E-state index < -0.39 is 5.82 Å². The van der Waals surface area contributed by atoms with Crippen molar-refractivity contribution in [3.63, 3.8) is 0 Å². The first-order chi connectivity index (χ1) is 7.17. The minimum absolute atomic E-state index is 0.100. The van der Waals surface area contributed by atoms with Crippen LogP contribution in [0.25, 0.3) is 0 Å². The molecule has 0 fully saturated rings. The van der Waals surface area contributed by atoms with Crippen molar-refractivity contribution >= 4 is 17.5 Å². The molecular weight excluding hydrogens is 221 g/mol. The van der Waals surface area contributed by atoms with Crippen molar-refractivity contribution in [2.45, 2.75) is 13.2 Å². The molecule has 0 unspecified atom stereocenters. The highest BCUT2D eigenvalue weighted by atomic mass is 35.5. The molecule has 0 aromatic heterocycles. The van der Waals surface area contributed by atoms with Crippen LogP contribution in [0.15, 0.2) is 18.2 Å². The Morgan fingerprint density at radius 2 is 2.27 bits per heavy atom. The summed E-state index contributed by atoms with van der Waals surface area (Å²) >= 11 is 5.27. The number of rotatable bonds is 4. The highest BCUT2D eigenvalue weighted by Gasteiger charge is 2.04.